The summed E-state index contributed by atoms with van der Waals surface area (Å²) in [5.74, 6) is -4.40. The molecule has 3 aromatic rings. The largest absolute Gasteiger partial charge is 0.478 e. The van der Waals surface area contributed by atoms with Crippen LogP contribution in [-0.2, 0) is 0 Å². The SMILES string of the molecule is Cl.O=C(O)c1ccc2ccnc(-c3c(F)cc(F)cc3F)c2c1. The van der Waals surface area contributed by atoms with Crippen molar-refractivity contribution in [3.05, 3.63) is 65.6 Å². The molecule has 0 amide bonds. The Hall–Kier alpha value is -2.60. The highest BCUT2D eigenvalue weighted by Gasteiger charge is 2.18. The lowest BCUT2D eigenvalue weighted by Gasteiger charge is -2.09. The van der Waals surface area contributed by atoms with Crippen LogP contribution in [0.5, 0.6) is 0 Å². The van der Waals surface area contributed by atoms with Crippen LogP contribution in [0.3, 0.4) is 0 Å². The first-order chi connectivity index (χ1) is 10.5. The number of aromatic carboxylic acids is 1. The molecule has 118 valence electrons. The molecule has 0 spiro atoms. The summed E-state index contributed by atoms with van der Waals surface area (Å²) < 4.78 is 40.9. The van der Waals surface area contributed by atoms with Gasteiger partial charge < -0.3 is 5.11 Å². The van der Waals surface area contributed by atoms with Crippen molar-refractivity contribution in [3.8, 4) is 11.3 Å². The molecule has 0 saturated heterocycles. The van der Waals surface area contributed by atoms with Crippen molar-refractivity contribution in [2.45, 2.75) is 0 Å². The van der Waals surface area contributed by atoms with Gasteiger partial charge >= 0.3 is 5.97 Å². The fraction of sp³-hybridized carbons (Fsp3) is 0. The van der Waals surface area contributed by atoms with E-state index in [-0.39, 0.29) is 29.1 Å². The van der Waals surface area contributed by atoms with Crippen molar-refractivity contribution >= 4 is 29.1 Å². The number of hydrogen-bond acceptors (Lipinski definition) is 2. The van der Waals surface area contributed by atoms with Gasteiger partial charge in [-0.05, 0) is 23.6 Å². The summed E-state index contributed by atoms with van der Waals surface area (Å²) in [4.78, 5) is 15.0. The summed E-state index contributed by atoms with van der Waals surface area (Å²) in [7, 11) is 0. The van der Waals surface area contributed by atoms with Crippen molar-refractivity contribution in [2.24, 2.45) is 0 Å². The van der Waals surface area contributed by atoms with E-state index in [0.717, 1.165) is 0 Å². The molecule has 0 aliphatic heterocycles. The second-order valence-electron chi connectivity index (χ2n) is 4.65. The van der Waals surface area contributed by atoms with E-state index in [0.29, 0.717) is 17.5 Å². The number of carbonyl (C=O) groups is 1. The Morgan fingerprint density at radius 2 is 1.65 bits per heavy atom. The van der Waals surface area contributed by atoms with Crippen LogP contribution in [0.15, 0.2) is 42.6 Å². The number of carboxylic acid groups (broad SMARTS) is 1. The quantitative estimate of drug-likeness (QED) is 0.751. The van der Waals surface area contributed by atoms with Gasteiger partial charge in [0.25, 0.3) is 0 Å². The van der Waals surface area contributed by atoms with Crippen LogP contribution in [0.2, 0.25) is 0 Å². The van der Waals surface area contributed by atoms with Gasteiger partial charge in [-0.1, -0.05) is 6.07 Å². The van der Waals surface area contributed by atoms with E-state index in [9.17, 15) is 18.0 Å². The first-order valence-electron chi connectivity index (χ1n) is 6.24. The van der Waals surface area contributed by atoms with Gasteiger partial charge in [0, 0.05) is 23.7 Å². The van der Waals surface area contributed by atoms with E-state index in [1.165, 1.54) is 24.4 Å². The lowest BCUT2D eigenvalue weighted by atomic mass is 10.0. The minimum Gasteiger partial charge on any atom is -0.478 e. The van der Waals surface area contributed by atoms with Crippen molar-refractivity contribution in [1.29, 1.82) is 0 Å². The molecule has 0 radical (unpaired) electrons. The molecule has 0 aliphatic rings. The lowest BCUT2D eigenvalue weighted by Crippen LogP contribution is -1.98. The van der Waals surface area contributed by atoms with E-state index in [2.05, 4.69) is 4.98 Å². The van der Waals surface area contributed by atoms with E-state index >= 15 is 0 Å². The zero-order chi connectivity index (χ0) is 15.9. The number of benzene rings is 2. The number of aromatic nitrogens is 1. The monoisotopic (exact) mass is 339 g/mol. The number of halogens is 4. The van der Waals surface area contributed by atoms with Gasteiger partial charge in [0.2, 0.25) is 0 Å². The third-order valence-electron chi connectivity index (χ3n) is 3.26. The molecular formula is C16H9ClF3NO2. The summed E-state index contributed by atoms with van der Waals surface area (Å²) >= 11 is 0. The van der Waals surface area contributed by atoms with Gasteiger partial charge in [-0.2, -0.15) is 0 Å². The first kappa shape index (κ1) is 16.8. The number of hydrogen-bond donors (Lipinski definition) is 1. The maximum atomic E-state index is 13.9. The summed E-state index contributed by atoms with van der Waals surface area (Å²) in [5.41, 5.74) is -0.602. The summed E-state index contributed by atoms with van der Waals surface area (Å²) in [6.07, 6.45) is 1.35. The number of carboxylic acids is 1. The maximum Gasteiger partial charge on any atom is 0.335 e. The van der Waals surface area contributed by atoms with Crippen LogP contribution < -0.4 is 0 Å². The minimum absolute atomic E-state index is 0. The molecule has 0 aliphatic carbocycles. The predicted octanol–water partition coefficient (Wildman–Crippen LogP) is 4.44. The molecule has 2 aromatic carbocycles. The van der Waals surface area contributed by atoms with Crippen LogP contribution in [0.25, 0.3) is 22.0 Å². The normalized spacial score (nSPS) is 10.4. The third kappa shape index (κ3) is 2.98. The number of fused-ring (bicyclic) bond motifs is 1. The Morgan fingerprint density at radius 3 is 2.26 bits per heavy atom. The van der Waals surface area contributed by atoms with E-state index < -0.39 is 29.0 Å². The first-order valence-corrected chi connectivity index (χ1v) is 6.24. The van der Waals surface area contributed by atoms with Crippen LogP contribution in [0, 0.1) is 17.5 Å². The van der Waals surface area contributed by atoms with Crippen molar-refractivity contribution in [1.82, 2.24) is 4.98 Å². The van der Waals surface area contributed by atoms with Crippen molar-refractivity contribution < 1.29 is 23.1 Å². The van der Waals surface area contributed by atoms with Crippen LogP contribution in [0.4, 0.5) is 13.2 Å². The number of nitrogens with zero attached hydrogens (tertiary/aromatic N) is 1. The molecule has 7 heteroatoms. The molecule has 23 heavy (non-hydrogen) atoms. The summed E-state index contributed by atoms with van der Waals surface area (Å²) in [5, 5.41) is 9.87. The van der Waals surface area contributed by atoms with Crippen LogP contribution >= 0.6 is 12.4 Å². The highest BCUT2D eigenvalue weighted by Crippen LogP contribution is 2.31. The molecule has 0 unspecified atom stereocenters. The van der Waals surface area contributed by atoms with Crippen LogP contribution in [0.1, 0.15) is 10.4 Å². The standard InChI is InChI=1S/C16H8F3NO2.ClH/c17-10-6-12(18)14(13(19)7-10)15-11-5-9(16(21)22)2-1-8(11)3-4-20-15;/h1-7H,(H,21,22);1H. The Bertz CT molecular complexity index is 892. The van der Waals surface area contributed by atoms with Crippen LogP contribution in [-0.4, -0.2) is 16.1 Å². The maximum absolute atomic E-state index is 13.9. The molecule has 1 N–H and O–H groups in total. The van der Waals surface area contributed by atoms with Gasteiger partial charge in [0.05, 0.1) is 16.8 Å². The van der Waals surface area contributed by atoms with Crippen molar-refractivity contribution in [3.63, 3.8) is 0 Å². The van der Waals surface area contributed by atoms with E-state index in [1.54, 1.807) is 6.07 Å². The molecule has 1 heterocycles. The zero-order valence-corrected chi connectivity index (χ0v) is 12.2. The number of rotatable bonds is 2. The second-order valence-corrected chi connectivity index (χ2v) is 4.65. The molecule has 0 atom stereocenters. The van der Waals surface area contributed by atoms with E-state index in [1.807, 2.05) is 0 Å². The van der Waals surface area contributed by atoms with Gasteiger partial charge in [0.15, 0.2) is 0 Å². The summed E-state index contributed by atoms with van der Waals surface area (Å²) in [6, 6.07) is 6.88. The molecule has 3 nitrogen and oxygen atoms in total. The summed E-state index contributed by atoms with van der Waals surface area (Å²) in [6.45, 7) is 0. The molecule has 0 saturated carbocycles. The molecule has 0 fully saturated rings. The minimum atomic E-state index is -1.17. The second kappa shape index (κ2) is 6.26. The van der Waals surface area contributed by atoms with Gasteiger partial charge in [-0.15, -0.1) is 12.4 Å². The van der Waals surface area contributed by atoms with Crippen molar-refractivity contribution in [2.75, 3.05) is 0 Å². The Kier molecular flexibility index (Phi) is 4.56. The molecular weight excluding hydrogens is 331 g/mol. The van der Waals surface area contributed by atoms with Gasteiger partial charge in [-0.25, -0.2) is 18.0 Å². The fourth-order valence-corrected chi connectivity index (χ4v) is 2.27. The average Bonchev–Trinajstić information content (AvgIpc) is 2.45. The predicted molar refractivity (Wildman–Crippen MR) is 81.3 cm³/mol. The zero-order valence-electron chi connectivity index (χ0n) is 11.4. The Morgan fingerprint density at radius 1 is 1.00 bits per heavy atom. The highest BCUT2D eigenvalue weighted by atomic mass is 35.5. The Balaban J connectivity index is 0.00000192. The topological polar surface area (TPSA) is 50.2 Å². The molecule has 3 rings (SSSR count). The molecule has 1 aromatic heterocycles. The van der Waals surface area contributed by atoms with E-state index in [4.69, 9.17) is 5.11 Å². The lowest BCUT2D eigenvalue weighted by molar-refractivity contribution is 0.0697. The highest BCUT2D eigenvalue weighted by molar-refractivity contribution is 6.00. The number of pyridine rings is 1. The smallest absolute Gasteiger partial charge is 0.335 e. The Labute approximate surface area is 134 Å². The fourth-order valence-electron chi connectivity index (χ4n) is 2.27. The third-order valence-corrected chi connectivity index (χ3v) is 3.26. The van der Waals surface area contributed by atoms with Gasteiger partial charge in [0.1, 0.15) is 17.5 Å². The molecule has 0 bridgehead atoms. The average molecular weight is 340 g/mol. The van der Waals surface area contributed by atoms with Gasteiger partial charge in [-0.3, -0.25) is 4.98 Å².